The number of nitrogens with zero attached hydrogens (tertiary/aromatic N) is 4. The van der Waals surface area contributed by atoms with Gasteiger partial charge in [0.1, 0.15) is 0 Å². The van der Waals surface area contributed by atoms with Gasteiger partial charge in [-0.25, -0.2) is 0 Å². The van der Waals surface area contributed by atoms with E-state index in [2.05, 4.69) is 22.1 Å². The van der Waals surface area contributed by atoms with Crippen molar-refractivity contribution >= 4 is 16.2 Å². The lowest BCUT2D eigenvalue weighted by Crippen LogP contribution is -2.50. The molecule has 0 spiro atoms. The maximum absolute atomic E-state index is 12.5. The summed E-state index contributed by atoms with van der Waals surface area (Å²) < 4.78 is 27.8. The number of likely N-dealkylation sites (N-methyl/N-ethyl adjacent to an activating group) is 1. The molecule has 25 heavy (non-hydrogen) atoms. The maximum Gasteiger partial charge on any atom is 0.281 e. The molecule has 2 unspecified atom stereocenters. The summed E-state index contributed by atoms with van der Waals surface area (Å²) in [6, 6.07) is 0.402. The zero-order chi connectivity index (χ0) is 18.4. The van der Waals surface area contributed by atoms with Crippen molar-refractivity contribution in [2.24, 2.45) is 10.7 Å². The van der Waals surface area contributed by atoms with Crippen LogP contribution in [0.3, 0.4) is 0 Å². The predicted octanol–water partition coefficient (Wildman–Crippen LogP) is 0.0359. The second-order valence-corrected chi connectivity index (χ2v) is 9.18. The van der Waals surface area contributed by atoms with Crippen molar-refractivity contribution in [2.45, 2.75) is 51.1 Å². The van der Waals surface area contributed by atoms with Gasteiger partial charge in [-0.2, -0.15) is 17.0 Å². The molecule has 0 bridgehead atoms. The van der Waals surface area contributed by atoms with Gasteiger partial charge in [0.05, 0.1) is 6.54 Å². The third kappa shape index (κ3) is 5.29. The largest absolute Gasteiger partial charge is 0.370 e. The summed E-state index contributed by atoms with van der Waals surface area (Å²) in [5.41, 5.74) is 6.01. The molecule has 2 aliphatic heterocycles. The summed E-state index contributed by atoms with van der Waals surface area (Å²) in [7, 11) is -0.262. The smallest absolute Gasteiger partial charge is 0.281 e. The molecule has 2 rings (SSSR count). The van der Waals surface area contributed by atoms with Crippen molar-refractivity contribution in [3.05, 3.63) is 0 Å². The van der Waals surface area contributed by atoms with Crippen molar-refractivity contribution in [1.82, 2.24) is 18.8 Å². The molecule has 0 aromatic heterocycles. The number of likely N-dealkylation sites (tertiary alicyclic amines) is 1. The monoisotopic (exact) mass is 374 g/mol. The first-order chi connectivity index (χ1) is 11.9. The molecular formula is C16H34N6O2S. The standard InChI is InChI=1S/C16H34N6O2S/c1-4-21-10-7-9-14(21)12-18-16(17)19-13-15-8-5-6-11-22(15)25(23,24)20(2)3/h14-15H,4-13H2,1-3H3,(H3,17,18,19). The summed E-state index contributed by atoms with van der Waals surface area (Å²) in [6.07, 6.45) is 5.18. The van der Waals surface area contributed by atoms with E-state index in [1.165, 1.54) is 17.1 Å². The van der Waals surface area contributed by atoms with Crippen LogP contribution in [-0.2, 0) is 10.2 Å². The third-order valence-corrected chi connectivity index (χ3v) is 7.22. The Balaban J connectivity index is 1.89. The Labute approximate surface area is 152 Å². The quantitative estimate of drug-likeness (QED) is 0.485. The molecule has 0 radical (unpaired) electrons. The highest BCUT2D eigenvalue weighted by atomic mass is 32.2. The Hall–Kier alpha value is -0.900. The van der Waals surface area contributed by atoms with Gasteiger partial charge >= 0.3 is 0 Å². The molecule has 146 valence electrons. The maximum atomic E-state index is 12.5. The van der Waals surface area contributed by atoms with Crippen LogP contribution in [0.4, 0.5) is 0 Å². The van der Waals surface area contributed by atoms with Crippen LogP contribution in [0.25, 0.3) is 0 Å². The second kappa shape index (κ2) is 9.16. The normalized spacial score (nSPS) is 27.1. The molecule has 2 atom stereocenters. The molecule has 8 nitrogen and oxygen atoms in total. The summed E-state index contributed by atoms with van der Waals surface area (Å²) >= 11 is 0. The second-order valence-electron chi connectivity index (χ2n) is 7.08. The molecule has 0 saturated carbocycles. The number of nitrogens with one attached hydrogen (secondary N) is 1. The highest BCUT2D eigenvalue weighted by molar-refractivity contribution is 7.86. The molecular weight excluding hydrogens is 340 g/mol. The molecule has 2 heterocycles. The minimum atomic E-state index is -3.40. The lowest BCUT2D eigenvalue weighted by Gasteiger charge is -2.35. The molecule has 0 aromatic rings. The lowest BCUT2D eigenvalue weighted by atomic mass is 10.1. The van der Waals surface area contributed by atoms with Crippen molar-refractivity contribution in [3.63, 3.8) is 0 Å². The van der Waals surface area contributed by atoms with E-state index >= 15 is 0 Å². The number of rotatable bonds is 7. The average Bonchev–Trinajstić information content (AvgIpc) is 3.05. The van der Waals surface area contributed by atoms with Crippen molar-refractivity contribution < 1.29 is 8.42 Å². The van der Waals surface area contributed by atoms with Crippen LogP contribution < -0.4 is 11.1 Å². The van der Waals surface area contributed by atoms with Crippen LogP contribution in [-0.4, -0.2) is 86.8 Å². The van der Waals surface area contributed by atoms with E-state index in [9.17, 15) is 8.42 Å². The van der Waals surface area contributed by atoms with Crippen LogP contribution in [0.1, 0.15) is 39.0 Å². The number of nitrogens with two attached hydrogens (primary N) is 1. The Morgan fingerprint density at radius 1 is 1.20 bits per heavy atom. The van der Waals surface area contributed by atoms with Gasteiger partial charge < -0.3 is 11.1 Å². The van der Waals surface area contributed by atoms with Crippen molar-refractivity contribution in [2.75, 3.05) is 46.8 Å². The average molecular weight is 375 g/mol. The van der Waals surface area contributed by atoms with Crippen LogP contribution in [0, 0.1) is 0 Å². The number of aliphatic imine (C=N–C) groups is 1. The Kier molecular flexibility index (Phi) is 7.48. The summed E-state index contributed by atoms with van der Waals surface area (Å²) in [5, 5.41) is 3.21. The van der Waals surface area contributed by atoms with Gasteiger partial charge in [-0.1, -0.05) is 13.3 Å². The fraction of sp³-hybridized carbons (Fsp3) is 0.938. The number of hydrogen-bond acceptors (Lipinski definition) is 4. The summed E-state index contributed by atoms with van der Waals surface area (Å²) in [5.74, 6) is 0.413. The predicted molar refractivity (Wildman–Crippen MR) is 102 cm³/mol. The van der Waals surface area contributed by atoms with Gasteiger partial charge in [0, 0.05) is 39.3 Å². The molecule has 2 saturated heterocycles. The van der Waals surface area contributed by atoms with Crippen molar-refractivity contribution in [1.29, 1.82) is 0 Å². The van der Waals surface area contributed by atoms with Gasteiger partial charge in [0.25, 0.3) is 10.2 Å². The Morgan fingerprint density at radius 2 is 1.92 bits per heavy atom. The highest BCUT2D eigenvalue weighted by Crippen LogP contribution is 2.22. The molecule has 2 fully saturated rings. The first-order valence-electron chi connectivity index (χ1n) is 9.33. The first-order valence-corrected chi connectivity index (χ1v) is 10.7. The Bertz CT molecular complexity index is 551. The number of hydrogen-bond donors (Lipinski definition) is 2. The van der Waals surface area contributed by atoms with Gasteiger partial charge in [-0.3, -0.25) is 9.89 Å². The zero-order valence-corrected chi connectivity index (χ0v) is 16.6. The van der Waals surface area contributed by atoms with Gasteiger partial charge in [0.15, 0.2) is 5.96 Å². The molecule has 3 N–H and O–H groups in total. The van der Waals surface area contributed by atoms with E-state index in [1.54, 1.807) is 18.4 Å². The van der Waals surface area contributed by atoms with Crippen molar-refractivity contribution in [3.8, 4) is 0 Å². The van der Waals surface area contributed by atoms with Gasteiger partial charge in [-0.15, -0.1) is 0 Å². The van der Waals surface area contributed by atoms with Crippen LogP contribution >= 0.6 is 0 Å². The van der Waals surface area contributed by atoms with E-state index in [-0.39, 0.29) is 6.04 Å². The Morgan fingerprint density at radius 3 is 2.60 bits per heavy atom. The summed E-state index contributed by atoms with van der Waals surface area (Å²) in [6.45, 7) is 6.16. The molecule has 2 aliphatic rings. The summed E-state index contributed by atoms with van der Waals surface area (Å²) in [4.78, 5) is 6.87. The highest BCUT2D eigenvalue weighted by Gasteiger charge is 2.33. The number of guanidine groups is 1. The third-order valence-electron chi connectivity index (χ3n) is 5.23. The van der Waals surface area contributed by atoms with E-state index in [4.69, 9.17) is 5.73 Å². The zero-order valence-electron chi connectivity index (χ0n) is 15.8. The molecule has 0 aliphatic carbocycles. The molecule has 0 aromatic carbocycles. The fourth-order valence-electron chi connectivity index (χ4n) is 3.69. The first kappa shape index (κ1) is 20.4. The van der Waals surface area contributed by atoms with Gasteiger partial charge in [-0.05, 0) is 38.8 Å². The van der Waals surface area contributed by atoms with Gasteiger partial charge in [0.2, 0.25) is 0 Å². The van der Waals surface area contributed by atoms with Crippen LogP contribution in [0.2, 0.25) is 0 Å². The van der Waals surface area contributed by atoms with E-state index in [0.717, 1.165) is 38.9 Å². The molecule has 0 amide bonds. The minimum absolute atomic E-state index is 0.111. The van der Waals surface area contributed by atoms with E-state index in [0.29, 0.717) is 25.1 Å². The van der Waals surface area contributed by atoms with Crippen LogP contribution in [0.15, 0.2) is 4.99 Å². The van der Waals surface area contributed by atoms with E-state index < -0.39 is 10.2 Å². The topological polar surface area (TPSA) is 94.3 Å². The minimum Gasteiger partial charge on any atom is -0.370 e. The molecule has 9 heteroatoms. The van der Waals surface area contributed by atoms with E-state index in [1.807, 2.05) is 0 Å². The van der Waals surface area contributed by atoms with Crippen LogP contribution in [0.5, 0.6) is 0 Å². The lowest BCUT2D eigenvalue weighted by molar-refractivity contribution is 0.245. The fourth-order valence-corrected chi connectivity index (χ4v) is 5.02. The SMILES string of the molecule is CCN1CCCC1CNC(N)=NCC1CCCCN1S(=O)(=O)N(C)C. The number of piperidine rings is 1.